The number of hydrogen-bond donors (Lipinski definition) is 1. The number of nitrogens with zero attached hydrogens (tertiary/aromatic N) is 1. The molecule has 0 spiro atoms. The van der Waals surface area contributed by atoms with Gasteiger partial charge in [-0.1, -0.05) is 23.7 Å². The first-order valence-electron chi connectivity index (χ1n) is 7.65. The number of carbonyl (C=O) groups is 2. The van der Waals surface area contributed by atoms with Gasteiger partial charge >= 0.3 is 0 Å². The Hall–Kier alpha value is -2.24. The molecule has 4 nitrogen and oxygen atoms in total. The van der Waals surface area contributed by atoms with Crippen molar-refractivity contribution in [1.82, 2.24) is 5.32 Å². The van der Waals surface area contributed by atoms with Crippen molar-refractivity contribution in [2.45, 2.75) is 18.9 Å². The van der Waals surface area contributed by atoms with E-state index in [0.717, 1.165) is 16.9 Å². The monoisotopic (exact) mass is 346 g/mol. The van der Waals surface area contributed by atoms with Gasteiger partial charge in [-0.2, -0.15) is 0 Å². The van der Waals surface area contributed by atoms with Gasteiger partial charge in [-0.3, -0.25) is 9.59 Å². The Morgan fingerprint density at radius 3 is 2.42 bits per heavy atom. The minimum Gasteiger partial charge on any atom is -0.305 e. The number of nitrogens with one attached hydrogen (secondary N) is 1. The summed E-state index contributed by atoms with van der Waals surface area (Å²) in [7, 11) is 0. The van der Waals surface area contributed by atoms with E-state index < -0.39 is 11.9 Å². The van der Waals surface area contributed by atoms with Crippen LogP contribution in [0, 0.1) is 5.82 Å². The molecule has 1 fully saturated rings. The van der Waals surface area contributed by atoms with E-state index in [1.807, 2.05) is 24.3 Å². The number of hydrogen-bond acceptors (Lipinski definition) is 3. The smallest absolute Gasteiger partial charge is 0.251 e. The van der Waals surface area contributed by atoms with Crippen molar-refractivity contribution < 1.29 is 14.0 Å². The van der Waals surface area contributed by atoms with Crippen LogP contribution in [-0.2, 0) is 16.0 Å². The zero-order chi connectivity index (χ0) is 17.1. The third kappa shape index (κ3) is 3.63. The maximum absolute atomic E-state index is 13.0. The van der Waals surface area contributed by atoms with E-state index in [-0.39, 0.29) is 18.2 Å². The molecule has 1 aliphatic heterocycles. The van der Waals surface area contributed by atoms with E-state index in [2.05, 4.69) is 5.32 Å². The third-order valence-electron chi connectivity index (χ3n) is 3.95. The minimum absolute atomic E-state index is 0.108. The van der Waals surface area contributed by atoms with E-state index in [4.69, 9.17) is 11.6 Å². The Bertz CT molecular complexity index is 747. The Morgan fingerprint density at radius 1 is 1.08 bits per heavy atom. The van der Waals surface area contributed by atoms with Gasteiger partial charge in [0.2, 0.25) is 5.91 Å². The van der Waals surface area contributed by atoms with Gasteiger partial charge in [0.25, 0.3) is 5.91 Å². The van der Waals surface area contributed by atoms with Crippen molar-refractivity contribution in [2.24, 2.45) is 0 Å². The zero-order valence-corrected chi connectivity index (χ0v) is 13.6. The molecular formula is C18H16ClFN2O2. The van der Waals surface area contributed by atoms with E-state index in [0.29, 0.717) is 17.3 Å². The van der Waals surface area contributed by atoms with Crippen LogP contribution in [0.25, 0.3) is 0 Å². The molecule has 1 atom stereocenters. The average Bonchev–Trinajstić information content (AvgIpc) is 2.85. The van der Waals surface area contributed by atoms with E-state index in [1.54, 1.807) is 0 Å². The van der Waals surface area contributed by atoms with Crippen LogP contribution in [0.3, 0.4) is 0 Å². The maximum atomic E-state index is 13.0. The van der Waals surface area contributed by atoms with Gasteiger partial charge < -0.3 is 5.32 Å². The van der Waals surface area contributed by atoms with Gasteiger partial charge in [0.05, 0.1) is 18.2 Å². The van der Waals surface area contributed by atoms with Crippen molar-refractivity contribution in [2.75, 3.05) is 11.4 Å². The van der Waals surface area contributed by atoms with Crippen LogP contribution in [0.1, 0.15) is 12.0 Å². The predicted octanol–water partition coefficient (Wildman–Crippen LogP) is 2.94. The highest BCUT2D eigenvalue weighted by molar-refractivity contribution is 6.30. The van der Waals surface area contributed by atoms with Gasteiger partial charge in [-0.15, -0.1) is 0 Å². The minimum atomic E-state index is -0.546. The van der Waals surface area contributed by atoms with Crippen LogP contribution in [-0.4, -0.2) is 24.4 Å². The number of anilines is 1. The SMILES string of the molecule is O=C1CC(NCCc2ccc(Cl)cc2)C(=O)N1c1ccc(F)cc1. The summed E-state index contributed by atoms with van der Waals surface area (Å²) < 4.78 is 13.0. The number of imide groups is 1. The Kier molecular flexibility index (Phi) is 4.92. The zero-order valence-electron chi connectivity index (χ0n) is 12.8. The third-order valence-corrected chi connectivity index (χ3v) is 4.20. The summed E-state index contributed by atoms with van der Waals surface area (Å²) in [6.07, 6.45) is 0.836. The molecule has 2 aromatic rings. The first kappa shape index (κ1) is 16.6. The highest BCUT2D eigenvalue weighted by Crippen LogP contribution is 2.23. The number of carbonyl (C=O) groups excluding carboxylic acids is 2. The fourth-order valence-electron chi connectivity index (χ4n) is 2.69. The van der Waals surface area contributed by atoms with E-state index >= 15 is 0 Å². The second kappa shape index (κ2) is 7.11. The van der Waals surface area contributed by atoms with Crippen molar-refractivity contribution in [3.8, 4) is 0 Å². The first-order chi connectivity index (χ1) is 11.5. The number of amides is 2. The van der Waals surface area contributed by atoms with Crippen LogP contribution in [0.2, 0.25) is 5.02 Å². The average molecular weight is 347 g/mol. The lowest BCUT2D eigenvalue weighted by atomic mass is 10.1. The number of rotatable bonds is 5. The lowest BCUT2D eigenvalue weighted by molar-refractivity contribution is -0.121. The quantitative estimate of drug-likeness (QED) is 0.847. The highest BCUT2D eigenvalue weighted by Gasteiger charge is 2.39. The molecule has 6 heteroatoms. The number of halogens is 2. The Labute approximate surface area is 144 Å². The van der Waals surface area contributed by atoms with Crippen LogP contribution < -0.4 is 10.2 Å². The molecule has 1 heterocycles. The molecule has 0 aromatic heterocycles. The number of benzene rings is 2. The highest BCUT2D eigenvalue weighted by atomic mass is 35.5. The summed E-state index contributed by atoms with van der Waals surface area (Å²) in [5.74, 6) is -0.992. The predicted molar refractivity (Wildman–Crippen MR) is 90.5 cm³/mol. The molecule has 0 bridgehead atoms. The van der Waals surface area contributed by atoms with E-state index in [9.17, 15) is 14.0 Å². The molecule has 124 valence electrons. The van der Waals surface area contributed by atoms with Gasteiger partial charge in [0, 0.05) is 5.02 Å². The molecule has 2 aromatic carbocycles. The molecule has 1 aliphatic rings. The lowest BCUT2D eigenvalue weighted by Gasteiger charge is -2.15. The van der Waals surface area contributed by atoms with Gasteiger partial charge in [0.15, 0.2) is 0 Å². The Morgan fingerprint density at radius 2 is 1.75 bits per heavy atom. The van der Waals surface area contributed by atoms with Crippen molar-refractivity contribution in [3.63, 3.8) is 0 Å². The summed E-state index contributed by atoms with van der Waals surface area (Å²) in [5, 5.41) is 3.80. The van der Waals surface area contributed by atoms with Gasteiger partial charge in [-0.25, -0.2) is 9.29 Å². The van der Waals surface area contributed by atoms with Crippen molar-refractivity contribution in [1.29, 1.82) is 0 Å². The summed E-state index contributed by atoms with van der Waals surface area (Å²) in [5.41, 5.74) is 1.49. The summed E-state index contributed by atoms with van der Waals surface area (Å²) in [4.78, 5) is 25.6. The Balaban J connectivity index is 1.59. The maximum Gasteiger partial charge on any atom is 0.251 e. The van der Waals surface area contributed by atoms with Crippen molar-refractivity contribution >= 4 is 29.1 Å². The molecule has 24 heavy (non-hydrogen) atoms. The lowest BCUT2D eigenvalue weighted by Crippen LogP contribution is -2.39. The fourth-order valence-corrected chi connectivity index (χ4v) is 2.82. The second-order valence-electron chi connectivity index (χ2n) is 5.63. The van der Waals surface area contributed by atoms with Crippen molar-refractivity contribution in [3.05, 3.63) is 64.9 Å². The fraction of sp³-hybridized carbons (Fsp3) is 0.222. The molecule has 0 saturated carbocycles. The standard InChI is InChI=1S/C18H16ClFN2O2/c19-13-3-1-12(2-4-13)9-10-21-16-11-17(23)22(18(16)24)15-7-5-14(20)6-8-15/h1-8,16,21H,9-11H2. The van der Waals surface area contributed by atoms with Gasteiger partial charge in [0.1, 0.15) is 5.82 Å². The van der Waals surface area contributed by atoms with Crippen LogP contribution >= 0.6 is 11.6 Å². The molecule has 1 N–H and O–H groups in total. The molecule has 0 radical (unpaired) electrons. The molecular weight excluding hydrogens is 331 g/mol. The summed E-state index contributed by atoms with van der Waals surface area (Å²) in [6, 6.07) is 12.3. The second-order valence-corrected chi connectivity index (χ2v) is 6.07. The van der Waals surface area contributed by atoms with Crippen LogP contribution in [0.15, 0.2) is 48.5 Å². The molecule has 2 amide bonds. The molecule has 3 rings (SSSR count). The largest absolute Gasteiger partial charge is 0.305 e. The molecule has 1 saturated heterocycles. The van der Waals surface area contributed by atoms with Crippen LogP contribution in [0.5, 0.6) is 0 Å². The molecule has 1 unspecified atom stereocenters. The van der Waals surface area contributed by atoms with Gasteiger partial charge in [-0.05, 0) is 54.9 Å². The molecule has 0 aliphatic carbocycles. The normalized spacial score (nSPS) is 17.6. The topological polar surface area (TPSA) is 49.4 Å². The summed E-state index contributed by atoms with van der Waals surface area (Å²) >= 11 is 5.84. The summed E-state index contributed by atoms with van der Waals surface area (Å²) in [6.45, 7) is 0.572. The van der Waals surface area contributed by atoms with Crippen LogP contribution in [0.4, 0.5) is 10.1 Å². The first-order valence-corrected chi connectivity index (χ1v) is 8.02. The van der Waals surface area contributed by atoms with E-state index in [1.165, 1.54) is 24.3 Å².